The lowest BCUT2D eigenvalue weighted by atomic mass is 10.1. The van der Waals surface area contributed by atoms with E-state index in [9.17, 15) is 4.79 Å². The summed E-state index contributed by atoms with van der Waals surface area (Å²) in [6, 6.07) is 6.04. The number of hydrogen-bond acceptors (Lipinski definition) is 3. The predicted octanol–water partition coefficient (Wildman–Crippen LogP) is 2.60. The first-order valence-electron chi connectivity index (χ1n) is 5.09. The lowest BCUT2D eigenvalue weighted by molar-refractivity contribution is 0.0447. The summed E-state index contributed by atoms with van der Waals surface area (Å²) in [6.45, 7) is 4.53. The second kappa shape index (κ2) is 5.39. The van der Waals surface area contributed by atoms with Crippen molar-refractivity contribution in [1.29, 1.82) is 0 Å². The number of phenols is 1. The number of rotatable bonds is 4. The number of carbonyl (C=O) groups excluding carboxylic acids is 1. The molecule has 0 saturated carbocycles. The van der Waals surface area contributed by atoms with Crippen LogP contribution < -0.4 is 0 Å². The van der Waals surface area contributed by atoms with Crippen LogP contribution in [0, 0.1) is 5.92 Å². The lowest BCUT2D eigenvalue weighted by Crippen LogP contribution is -2.11. The van der Waals surface area contributed by atoms with Gasteiger partial charge in [-0.1, -0.05) is 20.3 Å². The largest absolute Gasteiger partial charge is 0.508 e. The quantitative estimate of drug-likeness (QED) is 0.773. The molecule has 1 N–H and O–H groups in total. The molecule has 0 spiro atoms. The van der Waals surface area contributed by atoms with Crippen LogP contribution in [0.4, 0.5) is 0 Å². The highest BCUT2D eigenvalue weighted by atomic mass is 16.5. The van der Waals surface area contributed by atoms with Crippen LogP contribution in [0.3, 0.4) is 0 Å². The molecule has 1 unspecified atom stereocenters. The highest BCUT2D eigenvalue weighted by molar-refractivity contribution is 5.89. The second-order valence-corrected chi connectivity index (χ2v) is 3.66. The molecule has 3 heteroatoms. The van der Waals surface area contributed by atoms with Crippen molar-refractivity contribution in [2.45, 2.75) is 20.3 Å². The fraction of sp³-hybridized carbons (Fsp3) is 0.417. The van der Waals surface area contributed by atoms with Gasteiger partial charge in [-0.15, -0.1) is 0 Å². The Hall–Kier alpha value is -1.51. The topological polar surface area (TPSA) is 46.5 Å². The van der Waals surface area contributed by atoms with E-state index in [1.165, 1.54) is 12.1 Å². The van der Waals surface area contributed by atoms with Crippen molar-refractivity contribution in [3.8, 4) is 5.75 Å². The summed E-state index contributed by atoms with van der Waals surface area (Å²) in [5.41, 5.74) is 0.469. The molecule has 3 nitrogen and oxygen atoms in total. The van der Waals surface area contributed by atoms with E-state index in [-0.39, 0.29) is 11.7 Å². The highest BCUT2D eigenvalue weighted by Gasteiger charge is 2.08. The van der Waals surface area contributed by atoms with Gasteiger partial charge in [-0.2, -0.15) is 0 Å². The Balaban J connectivity index is 2.50. The summed E-state index contributed by atoms with van der Waals surface area (Å²) < 4.78 is 5.10. The molecule has 0 saturated heterocycles. The van der Waals surface area contributed by atoms with Crippen LogP contribution in [0.5, 0.6) is 5.75 Å². The van der Waals surface area contributed by atoms with Gasteiger partial charge in [0.1, 0.15) is 5.75 Å². The average Bonchev–Trinajstić information content (AvgIpc) is 2.26. The molecule has 0 aromatic heterocycles. The maximum absolute atomic E-state index is 11.5. The van der Waals surface area contributed by atoms with Gasteiger partial charge in [-0.25, -0.2) is 4.79 Å². The number of hydrogen-bond donors (Lipinski definition) is 1. The summed E-state index contributed by atoms with van der Waals surface area (Å²) in [5, 5.41) is 9.04. The third kappa shape index (κ3) is 3.62. The van der Waals surface area contributed by atoms with Crippen LogP contribution in [0.1, 0.15) is 30.6 Å². The molecule has 0 fully saturated rings. The molecule has 0 aliphatic carbocycles. The van der Waals surface area contributed by atoms with Gasteiger partial charge in [0, 0.05) is 0 Å². The van der Waals surface area contributed by atoms with E-state index >= 15 is 0 Å². The SMILES string of the molecule is CCC(C)COC(=O)c1ccc(O)cc1. The molecule has 15 heavy (non-hydrogen) atoms. The van der Waals surface area contributed by atoms with Gasteiger partial charge in [0.05, 0.1) is 12.2 Å². The number of esters is 1. The number of benzene rings is 1. The molecule has 0 radical (unpaired) electrons. The fourth-order valence-electron chi connectivity index (χ4n) is 1.02. The lowest BCUT2D eigenvalue weighted by Gasteiger charge is -2.09. The molecule has 0 bridgehead atoms. The van der Waals surface area contributed by atoms with Crippen LogP contribution >= 0.6 is 0 Å². The molecule has 82 valence electrons. The molecule has 1 aromatic rings. The minimum absolute atomic E-state index is 0.147. The summed E-state index contributed by atoms with van der Waals surface area (Å²) in [4.78, 5) is 11.5. The van der Waals surface area contributed by atoms with E-state index in [0.29, 0.717) is 18.1 Å². The Morgan fingerprint density at radius 2 is 2.00 bits per heavy atom. The first-order chi connectivity index (χ1) is 7.13. The Morgan fingerprint density at radius 3 is 2.53 bits per heavy atom. The minimum Gasteiger partial charge on any atom is -0.508 e. The zero-order valence-electron chi connectivity index (χ0n) is 9.06. The Kier molecular flexibility index (Phi) is 4.16. The van der Waals surface area contributed by atoms with E-state index in [2.05, 4.69) is 6.92 Å². The summed E-state index contributed by atoms with van der Waals surface area (Å²) >= 11 is 0. The number of carbonyl (C=O) groups is 1. The summed E-state index contributed by atoms with van der Waals surface area (Å²) in [5.74, 6) is 0.190. The van der Waals surface area contributed by atoms with Gasteiger partial charge in [0.15, 0.2) is 0 Å². The van der Waals surface area contributed by atoms with E-state index in [1.807, 2.05) is 6.92 Å². The van der Waals surface area contributed by atoms with Crippen LogP contribution in [0.25, 0.3) is 0 Å². The number of aromatic hydroxyl groups is 1. The van der Waals surface area contributed by atoms with Crippen molar-refractivity contribution in [3.63, 3.8) is 0 Å². The van der Waals surface area contributed by atoms with Gasteiger partial charge in [0.25, 0.3) is 0 Å². The smallest absolute Gasteiger partial charge is 0.338 e. The van der Waals surface area contributed by atoms with Crippen molar-refractivity contribution in [1.82, 2.24) is 0 Å². The zero-order valence-corrected chi connectivity index (χ0v) is 9.06. The van der Waals surface area contributed by atoms with Crippen molar-refractivity contribution in [3.05, 3.63) is 29.8 Å². The van der Waals surface area contributed by atoms with Crippen LogP contribution in [0.2, 0.25) is 0 Å². The van der Waals surface area contributed by atoms with Crippen molar-refractivity contribution in [2.24, 2.45) is 5.92 Å². The molecule has 1 aromatic carbocycles. The van der Waals surface area contributed by atoms with Gasteiger partial charge in [-0.3, -0.25) is 0 Å². The van der Waals surface area contributed by atoms with Gasteiger partial charge in [0.2, 0.25) is 0 Å². The van der Waals surface area contributed by atoms with E-state index in [0.717, 1.165) is 6.42 Å². The van der Waals surface area contributed by atoms with Crippen LogP contribution in [0.15, 0.2) is 24.3 Å². The molecule has 0 heterocycles. The maximum Gasteiger partial charge on any atom is 0.338 e. The Morgan fingerprint density at radius 1 is 1.40 bits per heavy atom. The van der Waals surface area contributed by atoms with Gasteiger partial charge < -0.3 is 9.84 Å². The molecule has 0 aliphatic rings. The molecule has 1 atom stereocenters. The molecule has 0 aliphatic heterocycles. The third-order valence-electron chi connectivity index (χ3n) is 2.30. The monoisotopic (exact) mass is 208 g/mol. The summed E-state index contributed by atoms with van der Waals surface area (Å²) in [6.07, 6.45) is 0.989. The number of phenolic OH excluding ortho intramolecular Hbond substituents is 1. The van der Waals surface area contributed by atoms with Crippen molar-refractivity contribution in [2.75, 3.05) is 6.61 Å². The number of ether oxygens (including phenoxy) is 1. The maximum atomic E-state index is 11.5. The first kappa shape index (κ1) is 11.6. The predicted molar refractivity (Wildman–Crippen MR) is 57.8 cm³/mol. The Bertz CT molecular complexity index is 316. The fourth-order valence-corrected chi connectivity index (χ4v) is 1.02. The van der Waals surface area contributed by atoms with Crippen molar-refractivity contribution >= 4 is 5.97 Å². The normalized spacial score (nSPS) is 12.1. The molecular weight excluding hydrogens is 192 g/mol. The molecular formula is C12H16O3. The van der Waals surface area contributed by atoms with E-state index < -0.39 is 0 Å². The van der Waals surface area contributed by atoms with Gasteiger partial charge in [-0.05, 0) is 30.2 Å². The zero-order chi connectivity index (χ0) is 11.3. The van der Waals surface area contributed by atoms with Crippen LogP contribution in [-0.2, 0) is 4.74 Å². The molecule has 1 rings (SSSR count). The first-order valence-corrected chi connectivity index (χ1v) is 5.09. The standard InChI is InChI=1S/C12H16O3/c1-3-9(2)8-15-12(14)10-4-6-11(13)7-5-10/h4-7,9,13H,3,8H2,1-2H3. The van der Waals surface area contributed by atoms with Gasteiger partial charge >= 0.3 is 5.97 Å². The Labute approximate surface area is 89.7 Å². The van der Waals surface area contributed by atoms with Crippen LogP contribution in [-0.4, -0.2) is 17.7 Å². The third-order valence-corrected chi connectivity index (χ3v) is 2.30. The summed E-state index contributed by atoms with van der Waals surface area (Å²) in [7, 11) is 0. The highest BCUT2D eigenvalue weighted by Crippen LogP contribution is 2.11. The minimum atomic E-state index is -0.338. The average molecular weight is 208 g/mol. The molecule has 0 amide bonds. The second-order valence-electron chi connectivity index (χ2n) is 3.66. The van der Waals surface area contributed by atoms with E-state index in [1.54, 1.807) is 12.1 Å². The van der Waals surface area contributed by atoms with E-state index in [4.69, 9.17) is 9.84 Å². The van der Waals surface area contributed by atoms with Crippen molar-refractivity contribution < 1.29 is 14.6 Å².